The highest BCUT2D eigenvalue weighted by Crippen LogP contribution is 2.17. The zero-order valence-corrected chi connectivity index (χ0v) is 10.5. The van der Waals surface area contributed by atoms with E-state index in [2.05, 4.69) is 4.74 Å². The number of hydrogen-bond acceptors (Lipinski definition) is 3. The second-order valence-corrected chi connectivity index (χ2v) is 4.00. The third kappa shape index (κ3) is 6.54. The molecule has 0 fully saturated rings. The molecule has 1 aromatic rings. The van der Waals surface area contributed by atoms with Crippen molar-refractivity contribution >= 4 is 6.09 Å². The van der Waals surface area contributed by atoms with E-state index < -0.39 is 12.5 Å². The van der Waals surface area contributed by atoms with Gasteiger partial charge in [-0.25, -0.2) is 4.79 Å². The van der Waals surface area contributed by atoms with Gasteiger partial charge in [0.15, 0.2) is 0 Å². The quantitative estimate of drug-likeness (QED) is 0.919. The summed E-state index contributed by atoms with van der Waals surface area (Å²) >= 11 is 0. The zero-order chi connectivity index (χ0) is 14.5. The van der Waals surface area contributed by atoms with Crippen molar-refractivity contribution in [1.29, 1.82) is 0 Å². The molecule has 0 bridgehead atoms. The third-order valence-electron chi connectivity index (χ3n) is 1.92. The van der Waals surface area contributed by atoms with Gasteiger partial charge in [0.25, 0.3) is 0 Å². The first-order valence-electron chi connectivity index (χ1n) is 5.55. The second kappa shape index (κ2) is 6.31. The lowest BCUT2D eigenvalue weighted by molar-refractivity contribution is -0.291. The highest BCUT2D eigenvalue weighted by molar-refractivity contribution is 5.67. The van der Waals surface area contributed by atoms with Crippen molar-refractivity contribution in [2.45, 2.75) is 32.9 Å². The summed E-state index contributed by atoms with van der Waals surface area (Å²) in [4.78, 5) is 10.8. The number of rotatable bonds is 4. The molecular formula is C12H14F3NO3. The van der Waals surface area contributed by atoms with E-state index in [4.69, 9.17) is 4.74 Å². The lowest BCUT2D eigenvalue weighted by Gasteiger charge is -2.12. The molecule has 0 heterocycles. The monoisotopic (exact) mass is 277 g/mol. The molecule has 0 unspecified atom stereocenters. The first-order chi connectivity index (χ1) is 8.76. The molecule has 19 heavy (non-hydrogen) atoms. The topological polar surface area (TPSA) is 47.6 Å². The van der Waals surface area contributed by atoms with Crippen molar-refractivity contribution in [3.05, 3.63) is 29.8 Å². The van der Waals surface area contributed by atoms with Crippen molar-refractivity contribution in [2.24, 2.45) is 0 Å². The molecule has 0 atom stereocenters. The van der Waals surface area contributed by atoms with Gasteiger partial charge in [0.1, 0.15) is 5.75 Å². The van der Waals surface area contributed by atoms with Crippen LogP contribution in [0.4, 0.5) is 18.0 Å². The van der Waals surface area contributed by atoms with Crippen LogP contribution < -0.4 is 10.1 Å². The average molecular weight is 277 g/mol. The van der Waals surface area contributed by atoms with Crippen LogP contribution in [0.15, 0.2) is 24.3 Å². The largest absolute Gasteiger partial charge is 0.576 e. The molecule has 1 aromatic carbocycles. The van der Waals surface area contributed by atoms with E-state index in [1.165, 1.54) is 0 Å². The fourth-order valence-electron chi connectivity index (χ4n) is 1.32. The van der Waals surface area contributed by atoms with Crippen LogP contribution in [-0.2, 0) is 11.3 Å². The van der Waals surface area contributed by atoms with Crippen LogP contribution in [0.5, 0.6) is 5.75 Å². The van der Waals surface area contributed by atoms with Gasteiger partial charge in [-0.05, 0) is 31.5 Å². The molecule has 1 rings (SSSR count). The smallest absolute Gasteiger partial charge is 0.491 e. The third-order valence-corrected chi connectivity index (χ3v) is 1.92. The molecule has 4 nitrogen and oxygen atoms in total. The number of ether oxygens (including phenoxy) is 2. The van der Waals surface area contributed by atoms with Crippen LogP contribution >= 0.6 is 0 Å². The number of nitrogens with one attached hydrogen (secondary N) is 1. The predicted octanol–water partition coefficient (Wildman–Crippen LogP) is 3.22. The van der Waals surface area contributed by atoms with E-state index in [9.17, 15) is 18.0 Å². The molecule has 0 aliphatic rings. The minimum absolute atomic E-state index is 0.0154. The fraction of sp³-hybridized carbons (Fsp3) is 0.417. The molecule has 0 radical (unpaired) electrons. The minimum atomic E-state index is -4.98. The van der Waals surface area contributed by atoms with Crippen LogP contribution in [0.3, 0.4) is 0 Å². The predicted molar refractivity (Wildman–Crippen MR) is 61.6 cm³/mol. The SMILES string of the molecule is CC(C)Oc1cccc(CNC(=O)OC(F)(F)F)c1. The molecule has 1 N–H and O–H groups in total. The summed E-state index contributed by atoms with van der Waals surface area (Å²) < 4.78 is 43.8. The molecule has 0 aromatic heterocycles. The number of alkyl carbamates (subject to hydrolysis) is 1. The van der Waals surface area contributed by atoms with E-state index in [1.54, 1.807) is 24.3 Å². The number of alkyl halides is 3. The zero-order valence-electron chi connectivity index (χ0n) is 10.5. The van der Waals surface area contributed by atoms with Gasteiger partial charge >= 0.3 is 12.5 Å². The van der Waals surface area contributed by atoms with Gasteiger partial charge in [-0.15, -0.1) is 13.2 Å². The Kier molecular flexibility index (Phi) is 5.02. The van der Waals surface area contributed by atoms with Gasteiger partial charge < -0.3 is 14.8 Å². The lowest BCUT2D eigenvalue weighted by Crippen LogP contribution is -2.29. The van der Waals surface area contributed by atoms with E-state index in [1.807, 2.05) is 19.2 Å². The van der Waals surface area contributed by atoms with Crippen molar-refractivity contribution in [3.63, 3.8) is 0 Å². The van der Waals surface area contributed by atoms with Crippen molar-refractivity contribution in [1.82, 2.24) is 5.32 Å². The number of hydrogen-bond donors (Lipinski definition) is 1. The highest BCUT2D eigenvalue weighted by Gasteiger charge is 2.33. The van der Waals surface area contributed by atoms with Gasteiger partial charge in [0, 0.05) is 6.54 Å². The summed E-state index contributed by atoms with van der Waals surface area (Å²) in [6.45, 7) is 3.63. The first-order valence-corrected chi connectivity index (χ1v) is 5.55. The Balaban J connectivity index is 2.51. The normalized spacial score (nSPS) is 11.3. The maximum atomic E-state index is 11.7. The standard InChI is InChI=1S/C12H14F3NO3/c1-8(2)18-10-5-3-4-9(6-10)7-16-11(17)19-12(13,14)15/h3-6,8H,7H2,1-2H3,(H,16,17). The van der Waals surface area contributed by atoms with Gasteiger partial charge in [-0.2, -0.15) is 0 Å². The summed E-state index contributed by atoms with van der Waals surface area (Å²) in [5.41, 5.74) is 0.609. The molecule has 0 spiro atoms. The number of amides is 1. The van der Waals surface area contributed by atoms with Crippen LogP contribution in [0, 0.1) is 0 Å². The van der Waals surface area contributed by atoms with E-state index in [-0.39, 0.29) is 12.6 Å². The molecule has 0 aliphatic carbocycles. The van der Waals surface area contributed by atoms with Gasteiger partial charge in [0.05, 0.1) is 6.10 Å². The summed E-state index contributed by atoms with van der Waals surface area (Å²) in [6, 6.07) is 6.69. The first kappa shape index (κ1) is 15.1. The van der Waals surface area contributed by atoms with Crippen LogP contribution in [0.1, 0.15) is 19.4 Å². The fourth-order valence-corrected chi connectivity index (χ4v) is 1.32. The molecule has 7 heteroatoms. The Morgan fingerprint density at radius 3 is 2.63 bits per heavy atom. The van der Waals surface area contributed by atoms with Crippen LogP contribution in [0.25, 0.3) is 0 Å². The van der Waals surface area contributed by atoms with E-state index in [0.29, 0.717) is 11.3 Å². The number of carbonyl (C=O) groups is 1. The lowest BCUT2D eigenvalue weighted by atomic mass is 10.2. The van der Waals surface area contributed by atoms with Gasteiger partial charge in [-0.3, -0.25) is 0 Å². The summed E-state index contributed by atoms with van der Waals surface area (Å²) in [5, 5.41) is 2.00. The Bertz CT molecular complexity index is 432. The number of halogens is 3. The number of benzene rings is 1. The van der Waals surface area contributed by atoms with Crippen LogP contribution in [-0.4, -0.2) is 18.6 Å². The van der Waals surface area contributed by atoms with E-state index >= 15 is 0 Å². The maximum absolute atomic E-state index is 11.7. The Hall–Kier alpha value is -1.92. The molecule has 0 saturated heterocycles. The van der Waals surface area contributed by atoms with Gasteiger partial charge in [0.2, 0.25) is 0 Å². The van der Waals surface area contributed by atoms with Crippen LogP contribution in [0.2, 0.25) is 0 Å². The highest BCUT2D eigenvalue weighted by atomic mass is 19.4. The van der Waals surface area contributed by atoms with Crippen molar-refractivity contribution in [2.75, 3.05) is 0 Å². The number of carbonyl (C=O) groups excluding carboxylic acids is 1. The van der Waals surface area contributed by atoms with Gasteiger partial charge in [-0.1, -0.05) is 12.1 Å². The maximum Gasteiger partial charge on any atom is 0.576 e. The Morgan fingerprint density at radius 2 is 2.05 bits per heavy atom. The molecule has 0 saturated carbocycles. The molecule has 1 amide bonds. The minimum Gasteiger partial charge on any atom is -0.491 e. The summed E-state index contributed by atoms with van der Waals surface area (Å²) in [7, 11) is 0. The average Bonchev–Trinajstić information content (AvgIpc) is 2.23. The van der Waals surface area contributed by atoms with Crippen molar-refractivity contribution in [3.8, 4) is 5.75 Å². The molecule has 106 valence electrons. The second-order valence-electron chi connectivity index (χ2n) is 4.00. The molecule has 0 aliphatic heterocycles. The Morgan fingerprint density at radius 1 is 1.37 bits per heavy atom. The summed E-state index contributed by atoms with van der Waals surface area (Å²) in [5.74, 6) is 0.582. The van der Waals surface area contributed by atoms with Crippen molar-refractivity contribution < 1.29 is 27.4 Å². The molecular weight excluding hydrogens is 263 g/mol. The summed E-state index contributed by atoms with van der Waals surface area (Å²) in [6.07, 6.45) is -6.53. The van der Waals surface area contributed by atoms with E-state index in [0.717, 1.165) is 0 Å². The Labute approximate surface area is 108 Å².